The Labute approximate surface area is 127 Å². The van der Waals surface area contributed by atoms with Crippen molar-refractivity contribution in [3.63, 3.8) is 0 Å². The van der Waals surface area contributed by atoms with E-state index in [-0.39, 0.29) is 11.6 Å². The van der Waals surface area contributed by atoms with Crippen LogP contribution >= 0.6 is 23.2 Å². The molecule has 6 heteroatoms. The van der Waals surface area contributed by atoms with Gasteiger partial charge in [-0.2, -0.15) is 0 Å². The predicted molar refractivity (Wildman–Crippen MR) is 79.0 cm³/mol. The van der Waals surface area contributed by atoms with Gasteiger partial charge in [-0.3, -0.25) is 9.78 Å². The van der Waals surface area contributed by atoms with Gasteiger partial charge in [0, 0.05) is 22.4 Å². The van der Waals surface area contributed by atoms with Crippen molar-refractivity contribution in [2.75, 3.05) is 0 Å². The maximum absolute atomic E-state index is 12.1. The molecule has 1 heterocycles. The molecule has 0 fully saturated rings. The van der Waals surface area contributed by atoms with E-state index in [0.29, 0.717) is 10.0 Å². The van der Waals surface area contributed by atoms with E-state index in [1.807, 2.05) is 13.8 Å². The third-order valence-corrected chi connectivity index (χ3v) is 3.37. The summed E-state index contributed by atoms with van der Waals surface area (Å²) < 4.78 is 0. The average molecular weight is 310 g/mol. The third kappa shape index (κ3) is 3.26. The van der Waals surface area contributed by atoms with Gasteiger partial charge in [0.05, 0.1) is 11.7 Å². The minimum absolute atomic E-state index is 0.255. The Kier molecular flexibility index (Phi) is 4.26. The zero-order chi connectivity index (χ0) is 14.8. The number of amides is 1. The monoisotopic (exact) mass is 309 g/mol. The van der Waals surface area contributed by atoms with Crippen molar-refractivity contribution >= 4 is 29.1 Å². The molecular weight excluding hydrogens is 297 g/mol. The lowest BCUT2D eigenvalue weighted by Gasteiger charge is -2.27. The molecule has 4 nitrogen and oxygen atoms in total. The van der Waals surface area contributed by atoms with Crippen LogP contribution in [0.15, 0.2) is 36.8 Å². The number of nitrogens with zero attached hydrogens (tertiary/aromatic N) is 2. The van der Waals surface area contributed by atoms with Gasteiger partial charge in [-0.15, -0.1) is 0 Å². The topological polar surface area (TPSA) is 54.9 Å². The first kappa shape index (κ1) is 14.8. The summed E-state index contributed by atoms with van der Waals surface area (Å²) in [6, 6.07) is 5.18. The highest BCUT2D eigenvalue weighted by Gasteiger charge is 2.26. The van der Waals surface area contributed by atoms with Gasteiger partial charge >= 0.3 is 0 Å². The highest BCUT2D eigenvalue weighted by Crippen LogP contribution is 2.30. The SMILES string of the molecule is CC(C)(NC(=O)c1cnccn1)c1ccc(Cl)cc1Cl. The van der Waals surface area contributed by atoms with Crippen molar-refractivity contribution < 1.29 is 4.79 Å². The largest absolute Gasteiger partial charge is 0.342 e. The second kappa shape index (κ2) is 5.77. The molecular formula is C14H13Cl2N3O. The number of halogens is 2. The fourth-order valence-corrected chi connectivity index (χ4v) is 2.47. The molecule has 1 N–H and O–H groups in total. The van der Waals surface area contributed by atoms with E-state index in [1.54, 1.807) is 18.2 Å². The van der Waals surface area contributed by atoms with Gasteiger partial charge in [-0.1, -0.05) is 29.3 Å². The number of nitrogens with one attached hydrogen (secondary N) is 1. The van der Waals surface area contributed by atoms with E-state index in [0.717, 1.165) is 5.56 Å². The van der Waals surface area contributed by atoms with Crippen LogP contribution in [0.25, 0.3) is 0 Å². The predicted octanol–water partition coefficient (Wildman–Crippen LogP) is 3.45. The lowest BCUT2D eigenvalue weighted by Crippen LogP contribution is -2.41. The Balaban J connectivity index is 2.25. The van der Waals surface area contributed by atoms with Crippen LogP contribution in [0.5, 0.6) is 0 Å². The molecule has 1 aromatic heterocycles. The minimum atomic E-state index is -0.656. The maximum Gasteiger partial charge on any atom is 0.272 e. The van der Waals surface area contributed by atoms with Crippen LogP contribution in [0, 0.1) is 0 Å². The maximum atomic E-state index is 12.1. The van der Waals surface area contributed by atoms with Crippen LogP contribution in [-0.4, -0.2) is 15.9 Å². The van der Waals surface area contributed by atoms with Gasteiger partial charge in [0.25, 0.3) is 5.91 Å². The van der Waals surface area contributed by atoms with Crippen molar-refractivity contribution in [1.29, 1.82) is 0 Å². The van der Waals surface area contributed by atoms with E-state index in [9.17, 15) is 4.79 Å². The van der Waals surface area contributed by atoms with Crippen LogP contribution in [-0.2, 0) is 5.54 Å². The molecule has 2 rings (SSSR count). The van der Waals surface area contributed by atoms with Gasteiger partial charge in [0.1, 0.15) is 5.69 Å². The van der Waals surface area contributed by atoms with E-state index < -0.39 is 5.54 Å². The first-order chi connectivity index (χ1) is 9.40. The molecule has 104 valence electrons. The summed E-state index contributed by atoms with van der Waals surface area (Å²) in [5.74, 6) is -0.311. The Morgan fingerprint density at radius 3 is 2.60 bits per heavy atom. The number of rotatable bonds is 3. The molecule has 20 heavy (non-hydrogen) atoms. The van der Waals surface area contributed by atoms with Gasteiger partial charge in [0.15, 0.2) is 0 Å². The molecule has 0 atom stereocenters. The molecule has 1 aromatic carbocycles. The zero-order valence-electron chi connectivity index (χ0n) is 11.0. The minimum Gasteiger partial charge on any atom is -0.342 e. The number of carbonyl (C=O) groups is 1. The number of hydrogen-bond acceptors (Lipinski definition) is 3. The van der Waals surface area contributed by atoms with Crippen LogP contribution in [0.2, 0.25) is 10.0 Å². The third-order valence-electron chi connectivity index (χ3n) is 2.83. The van der Waals surface area contributed by atoms with Crippen molar-refractivity contribution in [3.8, 4) is 0 Å². The van der Waals surface area contributed by atoms with Gasteiger partial charge in [-0.05, 0) is 31.5 Å². The number of aromatic nitrogens is 2. The standard InChI is InChI=1S/C14H13Cl2N3O/c1-14(2,10-4-3-9(15)7-11(10)16)19-13(20)12-8-17-5-6-18-12/h3-8H,1-2H3,(H,19,20). The summed E-state index contributed by atoms with van der Waals surface area (Å²) in [5.41, 5.74) is 0.377. The van der Waals surface area contributed by atoms with E-state index in [4.69, 9.17) is 23.2 Å². The fourth-order valence-electron chi connectivity index (χ4n) is 1.83. The molecule has 0 aliphatic rings. The lowest BCUT2D eigenvalue weighted by molar-refractivity contribution is 0.0906. The lowest BCUT2D eigenvalue weighted by atomic mass is 9.94. The summed E-state index contributed by atoms with van der Waals surface area (Å²) in [7, 11) is 0. The van der Waals surface area contributed by atoms with Gasteiger partial charge < -0.3 is 5.32 Å². The summed E-state index contributed by atoms with van der Waals surface area (Å²) in [6.45, 7) is 3.72. The second-order valence-electron chi connectivity index (χ2n) is 4.79. The Hall–Kier alpha value is -1.65. The molecule has 2 aromatic rings. The Bertz CT molecular complexity index is 630. The average Bonchev–Trinajstić information content (AvgIpc) is 2.38. The summed E-state index contributed by atoms with van der Waals surface area (Å²) in [5, 5.41) is 3.93. The molecule has 0 aliphatic heterocycles. The molecule has 0 unspecified atom stereocenters. The van der Waals surface area contributed by atoms with Crippen molar-refractivity contribution in [3.05, 3.63) is 58.1 Å². The van der Waals surface area contributed by atoms with Crippen molar-refractivity contribution in [2.24, 2.45) is 0 Å². The van der Waals surface area contributed by atoms with Crippen LogP contribution in [0.1, 0.15) is 29.9 Å². The number of hydrogen-bond donors (Lipinski definition) is 1. The summed E-state index contributed by atoms with van der Waals surface area (Å²) in [6.07, 6.45) is 4.39. The molecule has 0 saturated heterocycles. The molecule has 0 spiro atoms. The van der Waals surface area contributed by atoms with E-state index in [2.05, 4.69) is 15.3 Å². The van der Waals surface area contributed by atoms with E-state index >= 15 is 0 Å². The quantitative estimate of drug-likeness (QED) is 0.944. The first-order valence-corrected chi connectivity index (χ1v) is 6.70. The van der Waals surface area contributed by atoms with Crippen LogP contribution in [0.3, 0.4) is 0 Å². The zero-order valence-corrected chi connectivity index (χ0v) is 12.5. The Morgan fingerprint density at radius 1 is 1.25 bits per heavy atom. The molecule has 0 aliphatic carbocycles. The van der Waals surface area contributed by atoms with Crippen molar-refractivity contribution in [1.82, 2.24) is 15.3 Å². The highest BCUT2D eigenvalue weighted by atomic mass is 35.5. The second-order valence-corrected chi connectivity index (χ2v) is 5.64. The first-order valence-electron chi connectivity index (χ1n) is 5.94. The van der Waals surface area contributed by atoms with Crippen molar-refractivity contribution in [2.45, 2.75) is 19.4 Å². The summed E-state index contributed by atoms with van der Waals surface area (Å²) >= 11 is 12.1. The molecule has 1 amide bonds. The summed E-state index contributed by atoms with van der Waals surface area (Å²) in [4.78, 5) is 20.0. The van der Waals surface area contributed by atoms with Crippen LogP contribution < -0.4 is 5.32 Å². The Morgan fingerprint density at radius 2 is 2.00 bits per heavy atom. The smallest absolute Gasteiger partial charge is 0.272 e. The molecule has 0 saturated carbocycles. The van der Waals surface area contributed by atoms with E-state index in [1.165, 1.54) is 18.6 Å². The van der Waals surface area contributed by atoms with Crippen LogP contribution in [0.4, 0.5) is 0 Å². The fraction of sp³-hybridized carbons (Fsp3) is 0.214. The van der Waals surface area contributed by atoms with Gasteiger partial charge in [-0.25, -0.2) is 4.98 Å². The number of benzene rings is 1. The molecule has 0 bridgehead atoms. The normalized spacial score (nSPS) is 11.2. The molecule has 0 radical (unpaired) electrons. The number of carbonyl (C=O) groups excluding carboxylic acids is 1. The van der Waals surface area contributed by atoms with Gasteiger partial charge in [0.2, 0.25) is 0 Å². The highest BCUT2D eigenvalue weighted by molar-refractivity contribution is 6.35.